The minimum Gasteiger partial charge on any atom is -0.506 e. The molecule has 0 aromatic heterocycles. The number of aliphatic hydroxyl groups is 1. The number of nitrogens with zero attached hydrogens (tertiary/aromatic N) is 2. The fourth-order valence-electron chi connectivity index (χ4n) is 2.20. The van der Waals surface area contributed by atoms with Gasteiger partial charge in [0.1, 0.15) is 29.2 Å². The largest absolute Gasteiger partial charge is 0.506 e. The van der Waals surface area contributed by atoms with Crippen LogP contribution >= 0.6 is 23.2 Å². The van der Waals surface area contributed by atoms with Crippen LogP contribution in [-0.2, 0) is 4.79 Å². The van der Waals surface area contributed by atoms with Gasteiger partial charge in [-0.2, -0.15) is 5.26 Å². The van der Waals surface area contributed by atoms with Gasteiger partial charge in [-0.3, -0.25) is 4.79 Å². The number of amides is 1. The molecule has 0 aliphatic rings. The first kappa shape index (κ1) is 21.4. The molecule has 2 rings (SSSR count). The molecule has 146 valence electrons. The van der Waals surface area contributed by atoms with Crippen molar-refractivity contribution in [3.63, 3.8) is 0 Å². The number of carbonyl (C=O) groups excluding carboxylic acids is 1. The molecule has 1 amide bonds. The Morgan fingerprint density at radius 2 is 1.96 bits per heavy atom. The minimum absolute atomic E-state index is 0.103. The molecule has 6 nitrogen and oxygen atoms in total. The van der Waals surface area contributed by atoms with Gasteiger partial charge in [0.2, 0.25) is 0 Å². The first-order valence-corrected chi connectivity index (χ1v) is 8.67. The van der Waals surface area contributed by atoms with E-state index in [1.54, 1.807) is 30.3 Å². The van der Waals surface area contributed by atoms with Crippen LogP contribution in [0.25, 0.3) is 5.76 Å². The molecule has 0 heterocycles. The number of phenols is 1. The van der Waals surface area contributed by atoms with Gasteiger partial charge in [-0.1, -0.05) is 41.4 Å². The maximum atomic E-state index is 14.2. The zero-order valence-electron chi connectivity index (χ0n) is 14.6. The number of para-hydroxylation sites is 1. The van der Waals surface area contributed by atoms with Crippen molar-refractivity contribution in [1.82, 2.24) is 4.90 Å². The van der Waals surface area contributed by atoms with Gasteiger partial charge < -0.3 is 19.8 Å². The lowest BCUT2D eigenvalue weighted by molar-refractivity contribution is -0.125. The molecule has 2 aromatic rings. The van der Waals surface area contributed by atoms with Crippen LogP contribution in [0.2, 0.25) is 10.0 Å². The van der Waals surface area contributed by atoms with Crippen LogP contribution in [0.1, 0.15) is 5.56 Å². The molecule has 0 atom stereocenters. The first-order valence-electron chi connectivity index (χ1n) is 7.91. The second-order valence-corrected chi connectivity index (χ2v) is 6.39. The molecule has 0 saturated heterocycles. The topological polar surface area (TPSA) is 93.8 Å². The predicted octanol–water partition coefficient (Wildman–Crippen LogP) is 4.17. The second kappa shape index (κ2) is 9.31. The average molecular weight is 425 g/mol. The maximum absolute atomic E-state index is 14.2. The Kier molecular flexibility index (Phi) is 7.10. The fourth-order valence-corrected chi connectivity index (χ4v) is 2.66. The van der Waals surface area contributed by atoms with E-state index in [0.717, 1.165) is 11.0 Å². The van der Waals surface area contributed by atoms with Crippen molar-refractivity contribution < 1.29 is 24.1 Å². The third-order valence-electron chi connectivity index (χ3n) is 3.74. The number of carbonyl (C=O) groups is 1. The summed E-state index contributed by atoms with van der Waals surface area (Å²) in [5.74, 6) is -3.10. The molecule has 0 aliphatic heterocycles. The van der Waals surface area contributed by atoms with Crippen LogP contribution in [0.3, 0.4) is 0 Å². The highest BCUT2D eigenvalue weighted by atomic mass is 35.5. The Hall–Kier alpha value is -2.95. The van der Waals surface area contributed by atoms with Gasteiger partial charge in [-0.15, -0.1) is 0 Å². The molecule has 0 aliphatic carbocycles. The quantitative estimate of drug-likeness (QED) is 0.314. The zero-order chi connectivity index (χ0) is 20.8. The summed E-state index contributed by atoms with van der Waals surface area (Å²) in [5.41, 5.74) is -1.29. The number of aromatic hydroxyl groups is 1. The van der Waals surface area contributed by atoms with E-state index in [-0.39, 0.29) is 18.2 Å². The molecule has 0 fully saturated rings. The van der Waals surface area contributed by atoms with Crippen LogP contribution in [0.4, 0.5) is 4.39 Å². The summed E-state index contributed by atoms with van der Waals surface area (Å²) in [7, 11) is 1.40. The smallest absolute Gasteiger partial charge is 0.268 e. The number of phenolic OH excluding ortho intramolecular Hbond substituents is 1. The Morgan fingerprint density at radius 1 is 1.32 bits per heavy atom. The lowest BCUT2D eigenvalue weighted by Gasteiger charge is -2.18. The number of nitriles is 1. The minimum atomic E-state index is -1.21. The Morgan fingerprint density at radius 3 is 2.57 bits per heavy atom. The van der Waals surface area contributed by atoms with Crippen LogP contribution in [-0.4, -0.2) is 41.2 Å². The third-order valence-corrected chi connectivity index (χ3v) is 4.37. The molecule has 9 heteroatoms. The number of halogens is 3. The first-order chi connectivity index (χ1) is 13.3. The van der Waals surface area contributed by atoms with Gasteiger partial charge in [0, 0.05) is 7.05 Å². The number of benzene rings is 2. The van der Waals surface area contributed by atoms with Crippen LogP contribution in [0, 0.1) is 17.1 Å². The number of hydrogen-bond donors (Lipinski definition) is 2. The standard InChI is InChI=1S/C19H15Cl2FN2O4/c1-24(7-8-28-11-5-3-2-4-6-11)19(27)13(10-23)17(25)12-9-14(20)18(26)15(21)16(12)22/h2-6,9,25-26H,7-8H2,1H3/b17-13-. The van der Waals surface area contributed by atoms with Gasteiger partial charge in [-0.25, -0.2) is 4.39 Å². The van der Waals surface area contributed by atoms with Crippen molar-refractivity contribution in [3.05, 3.63) is 63.4 Å². The molecule has 0 saturated carbocycles. The van der Waals surface area contributed by atoms with Crippen molar-refractivity contribution in [3.8, 4) is 17.6 Å². The van der Waals surface area contributed by atoms with E-state index in [4.69, 9.17) is 27.9 Å². The normalized spacial score (nSPS) is 11.4. The molecule has 0 bridgehead atoms. The Bertz CT molecular complexity index is 959. The van der Waals surface area contributed by atoms with Crippen LogP contribution in [0.5, 0.6) is 11.5 Å². The molecular formula is C19H15Cl2FN2O4. The number of aliphatic hydroxyl groups excluding tert-OH is 1. The summed E-state index contributed by atoms with van der Waals surface area (Å²) in [5, 5.41) is 28.0. The van der Waals surface area contributed by atoms with E-state index >= 15 is 0 Å². The molecule has 28 heavy (non-hydrogen) atoms. The van der Waals surface area contributed by atoms with E-state index in [0.29, 0.717) is 5.75 Å². The highest BCUT2D eigenvalue weighted by Crippen LogP contribution is 2.38. The Balaban J connectivity index is 2.21. The molecular weight excluding hydrogens is 410 g/mol. The SMILES string of the molecule is CN(CCOc1ccccc1)C(=O)/C(C#N)=C(\O)c1cc(Cl)c(O)c(Cl)c1F. The molecule has 0 spiro atoms. The number of ether oxygens (including phenoxy) is 1. The highest BCUT2D eigenvalue weighted by Gasteiger charge is 2.25. The lowest BCUT2D eigenvalue weighted by Crippen LogP contribution is -2.32. The molecule has 0 radical (unpaired) electrons. The van der Waals surface area contributed by atoms with Crippen molar-refractivity contribution in [2.24, 2.45) is 0 Å². The van der Waals surface area contributed by atoms with Crippen molar-refractivity contribution in [2.75, 3.05) is 20.2 Å². The van der Waals surface area contributed by atoms with Gasteiger partial charge >= 0.3 is 0 Å². The summed E-state index contributed by atoms with van der Waals surface area (Å²) in [6, 6.07) is 11.3. The van der Waals surface area contributed by atoms with Crippen LogP contribution < -0.4 is 4.74 Å². The molecule has 2 aromatic carbocycles. The fraction of sp³-hybridized carbons (Fsp3) is 0.158. The second-order valence-electron chi connectivity index (χ2n) is 5.61. The van der Waals surface area contributed by atoms with Crippen LogP contribution in [0.15, 0.2) is 42.0 Å². The van der Waals surface area contributed by atoms with Gasteiger partial charge in [0.15, 0.2) is 17.1 Å². The van der Waals surface area contributed by atoms with E-state index in [2.05, 4.69) is 0 Å². The van der Waals surface area contributed by atoms with Crippen molar-refractivity contribution in [2.45, 2.75) is 0 Å². The van der Waals surface area contributed by atoms with Crippen molar-refractivity contribution in [1.29, 1.82) is 5.26 Å². The zero-order valence-corrected chi connectivity index (χ0v) is 16.1. The van der Waals surface area contributed by atoms with Crippen molar-refractivity contribution >= 4 is 34.9 Å². The lowest BCUT2D eigenvalue weighted by atomic mass is 10.1. The highest BCUT2D eigenvalue weighted by molar-refractivity contribution is 6.37. The monoisotopic (exact) mass is 424 g/mol. The predicted molar refractivity (Wildman–Crippen MR) is 103 cm³/mol. The van der Waals surface area contributed by atoms with E-state index in [1.807, 2.05) is 6.07 Å². The summed E-state index contributed by atoms with van der Waals surface area (Å²) in [6.07, 6.45) is 0. The molecule has 0 unspecified atom stereocenters. The number of rotatable bonds is 6. The number of hydrogen-bond acceptors (Lipinski definition) is 5. The summed E-state index contributed by atoms with van der Waals surface area (Å²) in [4.78, 5) is 13.6. The maximum Gasteiger partial charge on any atom is 0.268 e. The van der Waals surface area contributed by atoms with Gasteiger partial charge in [0.05, 0.1) is 17.1 Å². The third kappa shape index (κ3) is 4.66. The summed E-state index contributed by atoms with van der Waals surface area (Å²) in [6.45, 7) is 0.239. The average Bonchev–Trinajstić information content (AvgIpc) is 2.70. The van der Waals surface area contributed by atoms with E-state index in [1.165, 1.54) is 7.05 Å². The summed E-state index contributed by atoms with van der Waals surface area (Å²) < 4.78 is 19.7. The summed E-state index contributed by atoms with van der Waals surface area (Å²) >= 11 is 11.3. The Labute approximate surface area is 170 Å². The number of likely N-dealkylation sites (N-methyl/N-ethyl adjacent to an activating group) is 1. The molecule has 2 N–H and O–H groups in total. The van der Waals surface area contributed by atoms with E-state index in [9.17, 15) is 24.7 Å². The van der Waals surface area contributed by atoms with E-state index < -0.39 is 39.4 Å². The van der Waals surface area contributed by atoms with Gasteiger partial charge in [-0.05, 0) is 18.2 Å². The van der Waals surface area contributed by atoms with Gasteiger partial charge in [0.25, 0.3) is 5.91 Å².